The van der Waals surface area contributed by atoms with Crippen LogP contribution in [0.5, 0.6) is 0 Å². The van der Waals surface area contributed by atoms with Gasteiger partial charge in [-0.05, 0) is 12.0 Å². The smallest absolute Gasteiger partial charge is 0.187 e. The van der Waals surface area contributed by atoms with Crippen molar-refractivity contribution in [1.29, 1.82) is 0 Å². The number of aliphatic hydroxyl groups is 14. The number of nitrogens with one attached hydrogen (secondary N) is 1. The summed E-state index contributed by atoms with van der Waals surface area (Å²) in [6, 6.07) is -3.13. The fourth-order valence-corrected chi connectivity index (χ4v) is 5.76. The Balaban J connectivity index is 1.77. The predicted octanol–water partition coefficient (Wildman–Crippen LogP) is -9.08. The second-order valence-corrected chi connectivity index (χ2v) is 11.5. The molecule has 262 valence electrons. The van der Waals surface area contributed by atoms with Gasteiger partial charge in [-0.15, -0.1) is 0 Å². The summed E-state index contributed by atoms with van der Waals surface area (Å²) < 4.78 is 16.9. The molecule has 3 rings (SSSR count). The van der Waals surface area contributed by atoms with Crippen LogP contribution < -0.4 is 5.32 Å². The van der Waals surface area contributed by atoms with Crippen LogP contribution in [-0.4, -0.2) is 208 Å². The molecule has 1 saturated heterocycles. The Morgan fingerprint density at radius 3 is 2.04 bits per heavy atom. The monoisotopic (exact) mass is 659 g/mol. The zero-order valence-corrected chi connectivity index (χ0v) is 24.0. The summed E-state index contributed by atoms with van der Waals surface area (Å²) in [5.74, 6) is -2.04. The molecule has 0 amide bonds. The molecular formula is C26H45NO18. The minimum Gasteiger partial charge on any atom is -0.396 e. The maximum absolute atomic E-state index is 12.4. The van der Waals surface area contributed by atoms with Crippen molar-refractivity contribution in [3.8, 4) is 0 Å². The third kappa shape index (κ3) is 8.23. The van der Waals surface area contributed by atoms with Crippen molar-refractivity contribution in [2.45, 2.75) is 104 Å². The van der Waals surface area contributed by atoms with E-state index in [0.29, 0.717) is 0 Å². The van der Waals surface area contributed by atoms with E-state index in [0.717, 1.165) is 6.08 Å². The lowest BCUT2D eigenvalue weighted by molar-refractivity contribution is -0.332. The maximum Gasteiger partial charge on any atom is 0.187 e. The largest absolute Gasteiger partial charge is 0.396 e. The van der Waals surface area contributed by atoms with Crippen LogP contribution in [-0.2, 0) is 19.0 Å². The first kappa shape index (κ1) is 38.1. The molecule has 19 heteroatoms. The third-order valence-electron chi connectivity index (χ3n) is 8.49. The number of Topliss-reactive ketones (excluding diaryl/α,β-unsaturated/α-hetero) is 1. The van der Waals surface area contributed by atoms with Crippen molar-refractivity contribution in [3.63, 3.8) is 0 Å². The Kier molecular flexibility index (Phi) is 14.1. The minimum absolute atomic E-state index is 0.144. The van der Waals surface area contributed by atoms with Crippen molar-refractivity contribution in [2.75, 3.05) is 33.0 Å². The number of carbonyl (C=O) groups excluding carboxylic acids is 1. The van der Waals surface area contributed by atoms with E-state index >= 15 is 0 Å². The van der Waals surface area contributed by atoms with Gasteiger partial charge in [-0.25, -0.2) is 0 Å². The molecule has 15 N–H and O–H groups in total. The normalized spacial score (nSPS) is 42.9. The molecule has 3 aliphatic rings. The Labute approximate surface area is 256 Å². The van der Waals surface area contributed by atoms with Crippen LogP contribution in [0.4, 0.5) is 0 Å². The molecule has 11 unspecified atom stereocenters. The van der Waals surface area contributed by atoms with Gasteiger partial charge in [0.15, 0.2) is 12.1 Å². The van der Waals surface area contributed by atoms with Gasteiger partial charge in [0.05, 0.1) is 56.8 Å². The lowest BCUT2D eigenvalue weighted by Crippen LogP contribution is -2.65. The van der Waals surface area contributed by atoms with Crippen LogP contribution in [0.25, 0.3) is 0 Å². The van der Waals surface area contributed by atoms with Crippen molar-refractivity contribution >= 4 is 5.78 Å². The van der Waals surface area contributed by atoms with Gasteiger partial charge < -0.3 is 85.7 Å². The molecule has 0 aromatic carbocycles. The van der Waals surface area contributed by atoms with Crippen LogP contribution in [0, 0.1) is 5.92 Å². The summed E-state index contributed by atoms with van der Waals surface area (Å²) >= 11 is 0. The van der Waals surface area contributed by atoms with Crippen LogP contribution in [0.15, 0.2) is 11.6 Å². The molecule has 1 heterocycles. The number of hydrogen-bond donors (Lipinski definition) is 15. The van der Waals surface area contributed by atoms with Crippen molar-refractivity contribution in [3.05, 3.63) is 11.6 Å². The summed E-state index contributed by atoms with van der Waals surface area (Å²) in [4.78, 5) is 12.4. The molecule has 19 nitrogen and oxygen atoms in total. The first-order valence-corrected chi connectivity index (χ1v) is 14.4. The first-order valence-electron chi connectivity index (χ1n) is 14.4. The van der Waals surface area contributed by atoms with Gasteiger partial charge in [0.25, 0.3) is 0 Å². The molecule has 1 saturated carbocycles. The predicted molar refractivity (Wildman–Crippen MR) is 144 cm³/mol. The van der Waals surface area contributed by atoms with Gasteiger partial charge >= 0.3 is 0 Å². The molecule has 45 heavy (non-hydrogen) atoms. The third-order valence-corrected chi connectivity index (χ3v) is 8.49. The summed E-state index contributed by atoms with van der Waals surface area (Å²) in [5, 5.41) is 144. The topological polar surface area (TPSA) is 340 Å². The van der Waals surface area contributed by atoms with Gasteiger partial charge in [-0.2, -0.15) is 0 Å². The summed E-state index contributed by atoms with van der Waals surface area (Å²) in [7, 11) is 0. The van der Waals surface area contributed by atoms with E-state index in [-0.39, 0.29) is 12.0 Å². The SMILES string of the molecule is O=C(C(O)CO)C(NC1C=C(CO)C(O[C@@H]2O[C@H](CO)C(OC3CC(CO)[C@@H](O)C(O)[C@H]3O)[C@H](O)C2O)C(O)C1O)[C@H](O)CO. The highest BCUT2D eigenvalue weighted by atomic mass is 16.7. The van der Waals surface area contributed by atoms with E-state index in [9.17, 15) is 71.2 Å². The second-order valence-electron chi connectivity index (χ2n) is 11.5. The zero-order chi connectivity index (χ0) is 33.7. The Hall–Kier alpha value is -1.31. The number of hydrogen-bond acceptors (Lipinski definition) is 19. The molecule has 0 spiro atoms. The molecule has 17 atom stereocenters. The number of carbonyl (C=O) groups is 1. The van der Waals surface area contributed by atoms with Crippen molar-refractivity contribution < 1.29 is 90.5 Å². The summed E-state index contributed by atoms with van der Waals surface area (Å²) in [5.41, 5.74) is -0.144. The van der Waals surface area contributed by atoms with E-state index in [1.165, 1.54) is 0 Å². The highest BCUT2D eigenvalue weighted by molar-refractivity contribution is 5.88. The first-order chi connectivity index (χ1) is 21.2. The van der Waals surface area contributed by atoms with E-state index in [1.54, 1.807) is 0 Å². The minimum atomic E-state index is -1.95. The lowest BCUT2D eigenvalue weighted by atomic mass is 9.81. The number of rotatable bonds is 14. The molecule has 2 aliphatic carbocycles. The number of aliphatic hydroxyl groups excluding tert-OH is 14. The Bertz CT molecular complexity index is 970. The van der Waals surface area contributed by atoms with Gasteiger partial charge in [0.2, 0.25) is 0 Å². The zero-order valence-electron chi connectivity index (χ0n) is 24.0. The molecule has 0 radical (unpaired) electrons. The van der Waals surface area contributed by atoms with Gasteiger partial charge in [-0.3, -0.25) is 10.1 Å². The van der Waals surface area contributed by atoms with E-state index < -0.39 is 142 Å². The highest BCUT2D eigenvalue weighted by Gasteiger charge is 2.52. The Morgan fingerprint density at radius 1 is 0.822 bits per heavy atom. The van der Waals surface area contributed by atoms with E-state index in [4.69, 9.17) is 19.3 Å². The maximum atomic E-state index is 12.4. The van der Waals surface area contributed by atoms with Crippen LogP contribution >= 0.6 is 0 Å². The fraction of sp³-hybridized carbons (Fsp3) is 0.885. The standard InChI is InChI=1S/C26H45NO18/c28-3-8-2-13(19(38)20(39)16(8)35)43-25-14(7-32)44-26(23(42)22(25)41)45-24-9(4-29)1-10(17(36)21(24)40)27-15(11(33)5-30)18(37)12(34)6-31/h1,8,10-17,19-36,38-42H,2-7H2/t8?,10?,11-,12?,13?,14-,15?,16-,17?,19+,20?,21?,22-,23?,24?,25?,26+/m1/s1. The average molecular weight is 660 g/mol. The van der Waals surface area contributed by atoms with Gasteiger partial charge in [0.1, 0.15) is 61.0 Å². The molecule has 0 aromatic rings. The van der Waals surface area contributed by atoms with Gasteiger partial charge in [0, 0.05) is 12.5 Å². The second kappa shape index (κ2) is 16.7. The molecule has 2 fully saturated rings. The van der Waals surface area contributed by atoms with Crippen LogP contribution in [0.1, 0.15) is 6.42 Å². The summed E-state index contributed by atoms with van der Waals surface area (Å²) in [6.45, 7) is -4.20. The van der Waals surface area contributed by atoms with E-state index in [2.05, 4.69) is 5.32 Å². The highest BCUT2D eigenvalue weighted by Crippen LogP contribution is 2.34. The lowest BCUT2D eigenvalue weighted by Gasteiger charge is -2.47. The molecule has 1 aliphatic heterocycles. The van der Waals surface area contributed by atoms with E-state index in [1.807, 2.05) is 0 Å². The number of ether oxygens (including phenoxy) is 3. The summed E-state index contributed by atoms with van der Waals surface area (Å²) in [6.07, 6.45) is -22.9. The quantitative estimate of drug-likeness (QED) is 0.0769. The average Bonchev–Trinajstić information content (AvgIpc) is 3.04. The molecule has 0 bridgehead atoms. The van der Waals surface area contributed by atoms with Crippen molar-refractivity contribution in [2.24, 2.45) is 5.92 Å². The van der Waals surface area contributed by atoms with Crippen LogP contribution in [0.3, 0.4) is 0 Å². The number of ketones is 1. The van der Waals surface area contributed by atoms with Crippen LogP contribution in [0.2, 0.25) is 0 Å². The fourth-order valence-electron chi connectivity index (χ4n) is 5.76. The molecular weight excluding hydrogens is 614 g/mol. The Morgan fingerprint density at radius 2 is 1.49 bits per heavy atom. The van der Waals surface area contributed by atoms with Crippen molar-refractivity contribution in [1.82, 2.24) is 5.32 Å². The van der Waals surface area contributed by atoms with Gasteiger partial charge in [-0.1, -0.05) is 6.08 Å². The molecule has 0 aromatic heterocycles.